The van der Waals surface area contributed by atoms with E-state index < -0.39 is 6.04 Å². The monoisotopic (exact) mass is 390 g/mol. The molecular formula is C24H26N2O3. The summed E-state index contributed by atoms with van der Waals surface area (Å²) in [4.78, 5) is 30.3. The molecule has 0 spiro atoms. The van der Waals surface area contributed by atoms with Gasteiger partial charge in [0, 0.05) is 0 Å². The van der Waals surface area contributed by atoms with Crippen molar-refractivity contribution >= 4 is 22.6 Å². The van der Waals surface area contributed by atoms with Crippen LogP contribution >= 0.6 is 0 Å². The Balaban J connectivity index is 1.55. The van der Waals surface area contributed by atoms with E-state index in [0.717, 1.165) is 21.9 Å². The molecule has 3 rings (SSSR count). The molecule has 0 aliphatic carbocycles. The smallest absolute Gasteiger partial charge is 0.266 e. The highest BCUT2D eigenvalue weighted by atomic mass is 16.6. The Hall–Kier alpha value is -3.18. The van der Waals surface area contributed by atoms with Gasteiger partial charge in [0.2, 0.25) is 5.91 Å². The summed E-state index contributed by atoms with van der Waals surface area (Å²) in [5.74, 6) is -0.629. The fraction of sp³-hybridized carbons (Fsp3) is 0.250. The van der Waals surface area contributed by atoms with Gasteiger partial charge in [-0.25, -0.2) is 5.48 Å². The zero-order valence-corrected chi connectivity index (χ0v) is 16.7. The second-order valence-electron chi connectivity index (χ2n) is 7.39. The van der Waals surface area contributed by atoms with Gasteiger partial charge in [0.25, 0.3) is 5.91 Å². The Kier molecular flexibility index (Phi) is 6.98. The number of carbonyl (C=O) groups excluding carboxylic acids is 2. The van der Waals surface area contributed by atoms with Crippen molar-refractivity contribution in [1.82, 2.24) is 10.8 Å². The molecule has 3 aromatic rings. The molecule has 1 unspecified atom stereocenters. The number of benzene rings is 3. The van der Waals surface area contributed by atoms with Crippen LogP contribution < -0.4 is 10.8 Å². The van der Waals surface area contributed by atoms with Crippen LogP contribution in [-0.2, 0) is 27.5 Å². The molecule has 5 nitrogen and oxygen atoms in total. The first-order valence-corrected chi connectivity index (χ1v) is 9.75. The van der Waals surface area contributed by atoms with Crippen molar-refractivity contribution < 1.29 is 14.4 Å². The van der Waals surface area contributed by atoms with E-state index >= 15 is 0 Å². The Morgan fingerprint density at radius 2 is 1.55 bits per heavy atom. The zero-order valence-electron chi connectivity index (χ0n) is 16.7. The van der Waals surface area contributed by atoms with Gasteiger partial charge in [-0.1, -0.05) is 86.6 Å². The fourth-order valence-electron chi connectivity index (χ4n) is 3.12. The van der Waals surface area contributed by atoms with E-state index in [4.69, 9.17) is 4.84 Å². The van der Waals surface area contributed by atoms with Crippen molar-refractivity contribution in [1.29, 1.82) is 0 Å². The number of amides is 2. The SMILES string of the molecule is CC(C)C(NC(=O)Cc1ccc2ccccc2c1)C(=O)NOCc1ccccc1. The molecule has 2 N–H and O–H groups in total. The van der Waals surface area contributed by atoms with E-state index in [2.05, 4.69) is 10.8 Å². The molecule has 3 aromatic carbocycles. The third kappa shape index (κ3) is 5.90. The number of rotatable bonds is 8. The maximum atomic E-state index is 12.5. The molecule has 0 radical (unpaired) electrons. The van der Waals surface area contributed by atoms with Crippen LogP contribution in [0.25, 0.3) is 10.8 Å². The van der Waals surface area contributed by atoms with Gasteiger partial charge in [0.15, 0.2) is 0 Å². The van der Waals surface area contributed by atoms with Crippen LogP contribution in [-0.4, -0.2) is 17.9 Å². The van der Waals surface area contributed by atoms with Gasteiger partial charge >= 0.3 is 0 Å². The predicted molar refractivity (Wildman–Crippen MR) is 114 cm³/mol. The molecule has 0 fully saturated rings. The average molecular weight is 390 g/mol. The van der Waals surface area contributed by atoms with Crippen LogP contribution in [0.1, 0.15) is 25.0 Å². The van der Waals surface area contributed by atoms with Crippen molar-refractivity contribution in [2.45, 2.75) is 32.9 Å². The van der Waals surface area contributed by atoms with Crippen LogP contribution in [0.4, 0.5) is 0 Å². The van der Waals surface area contributed by atoms with Crippen LogP contribution in [0.3, 0.4) is 0 Å². The third-order valence-electron chi connectivity index (χ3n) is 4.70. The van der Waals surface area contributed by atoms with Crippen LogP contribution in [0, 0.1) is 5.92 Å². The van der Waals surface area contributed by atoms with Gasteiger partial charge < -0.3 is 5.32 Å². The molecule has 0 heterocycles. The minimum atomic E-state index is -0.668. The molecule has 0 bridgehead atoms. The minimum Gasteiger partial charge on any atom is -0.344 e. The highest BCUT2D eigenvalue weighted by molar-refractivity contribution is 5.89. The normalized spacial score (nSPS) is 12.0. The molecule has 0 saturated carbocycles. The molecule has 29 heavy (non-hydrogen) atoms. The number of hydroxylamine groups is 1. The van der Waals surface area contributed by atoms with E-state index in [9.17, 15) is 9.59 Å². The lowest BCUT2D eigenvalue weighted by atomic mass is 10.0. The van der Waals surface area contributed by atoms with Gasteiger partial charge in [0.1, 0.15) is 6.04 Å². The van der Waals surface area contributed by atoms with Crippen molar-refractivity contribution in [3.8, 4) is 0 Å². The van der Waals surface area contributed by atoms with Crippen molar-refractivity contribution in [3.05, 3.63) is 83.9 Å². The summed E-state index contributed by atoms with van der Waals surface area (Å²) in [7, 11) is 0. The molecule has 0 aromatic heterocycles. The average Bonchev–Trinajstić information content (AvgIpc) is 2.72. The summed E-state index contributed by atoms with van der Waals surface area (Å²) in [5.41, 5.74) is 4.31. The van der Waals surface area contributed by atoms with Crippen LogP contribution in [0.2, 0.25) is 0 Å². The maximum Gasteiger partial charge on any atom is 0.266 e. The van der Waals surface area contributed by atoms with Gasteiger partial charge in [-0.3, -0.25) is 14.4 Å². The van der Waals surface area contributed by atoms with Gasteiger partial charge in [-0.2, -0.15) is 0 Å². The van der Waals surface area contributed by atoms with Crippen LogP contribution in [0.5, 0.6) is 0 Å². The van der Waals surface area contributed by atoms with E-state index in [0.29, 0.717) is 0 Å². The standard InChI is InChI=1S/C24H26N2O3/c1-17(2)23(24(28)26-29-16-18-8-4-3-5-9-18)25-22(27)15-19-12-13-20-10-6-7-11-21(20)14-19/h3-14,17,23H,15-16H2,1-2H3,(H,25,27)(H,26,28). The maximum absolute atomic E-state index is 12.5. The highest BCUT2D eigenvalue weighted by Crippen LogP contribution is 2.16. The highest BCUT2D eigenvalue weighted by Gasteiger charge is 2.24. The van der Waals surface area contributed by atoms with Crippen molar-refractivity contribution in [2.75, 3.05) is 0 Å². The quantitative estimate of drug-likeness (QED) is 0.576. The number of nitrogens with one attached hydrogen (secondary N) is 2. The summed E-state index contributed by atoms with van der Waals surface area (Å²) in [6.45, 7) is 4.04. The molecular weight excluding hydrogens is 364 g/mol. The van der Waals surface area contributed by atoms with E-state index in [1.165, 1.54) is 0 Å². The van der Waals surface area contributed by atoms with Crippen LogP contribution in [0.15, 0.2) is 72.8 Å². The lowest BCUT2D eigenvalue weighted by Gasteiger charge is -2.21. The zero-order chi connectivity index (χ0) is 20.6. The molecule has 0 saturated heterocycles. The summed E-state index contributed by atoms with van der Waals surface area (Å²) >= 11 is 0. The number of hydrogen-bond donors (Lipinski definition) is 2. The number of carbonyl (C=O) groups is 2. The Bertz CT molecular complexity index is 970. The summed E-state index contributed by atoms with van der Waals surface area (Å²) in [6.07, 6.45) is 0.214. The molecule has 0 aliphatic rings. The minimum absolute atomic E-state index is 0.0733. The first-order chi connectivity index (χ1) is 14.0. The molecule has 5 heteroatoms. The molecule has 2 amide bonds. The number of fused-ring (bicyclic) bond motifs is 1. The Morgan fingerprint density at radius 3 is 2.28 bits per heavy atom. The summed E-state index contributed by atoms with van der Waals surface area (Å²) < 4.78 is 0. The largest absolute Gasteiger partial charge is 0.344 e. The summed E-state index contributed by atoms with van der Waals surface area (Å²) in [6, 6.07) is 22.9. The fourth-order valence-corrected chi connectivity index (χ4v) is 3.12. The molecule has 0 aliphatic heterocycles. The van der Waals surface area contributed by atoms with Gasteiger partial charge in [0.05, 0.1) is 13.0 Å². The lowest BCUT2D eigenvalue weighted by molar-refractivity contribution is -0.140. The topological polar surface area (TPSA) is 67.4 Å². The van der Waals surface area contributed by atoms with Crippen molar-refractivity contribution in [2.24, 2.45) is 5.92 Å². The predicted octanol–water partition coefficient (Wildman–Crippen LogP) is 3.77. The van der Waals surface area contributed by atoms with Gasteiger partial charge in [-0.05, 0) is 27.8 Å². The van der Waals surface area contributed by atoms with Crippen molar-refractivity contribution in [3.63, 3.8) is 0 Å². The van der Waals surface area contributed by atoms with E-state index in [1.807, 2.05) is 86.6 Å². The second-order valence-corrected chi connectivity index (χ2v) is 7.39. The molecule has 1 atom stereocenters. The first kappa shape index (κ1) is 20.6. The lowest BCUT2D eigenvalue weighted by Crippen LogP contribution is -2.50. The first-order valence-electron chi connectivity index (χ1n) is 9.75. The Morgan fingerprint density at radius 1 is 0.862 bits per heavy atom. The summed E-state index contributed by atoms with van der Waals surface area (Å²) in [5, 5.41) is 5.05. The third-order valence-corrected chi connectivity index (χ3v) is 4.70. The second kappa shape index (κ2) is 9.85. The van der Waals surface area contributed by atoms with Gasteiger partial charge in [-0.15, -0.1) is 0 Å². The Labute approximate surface area is 171 Å². The van der Waals surface area contributed by atoms with E-state index in [1.54, 1.807) is 0 Å². The number of hydrogen-bond acceptors (Lipinski definition) is 3. The van der Waals surface area contributed by atoms with E-state index in [-0.39, 0.29) is 30.8 Å². The molecule has 150 valence electrons.